The minimum absolute atomic E-state index is 0.129. The molecule has 2 heterocycles. The number of anilines is 2. The summed E-state index contributed by atoms with van der Waals surface area (Å²) < 4.78 is 16.9. The van der Waals surface area contributed by atoms with E-state index in [0.29, 0.717) is 40.6 Å². The van der Waals surface area contributed by atoms with Gasteiger partial charge < -0.3 is 19.5 Å². The molecule has 1 aromatic heterocycles. The summed E-state index contributed by atoms with van der Waals surface area (Å²) in [7, 11) is 3.08. The SMILES string of the molecule is CCOC(=O)C1=C(C)Nc2c(c(NNC(=O)c3ccc(OC)cc3)nc(=O)n2CCOC)C1C. The zero-order valence-corrected chi connectivity index (χ0v) is 19.9. The summed E-state index contributed by atoms with van der Waals surface area (Å²) in [6.45, 7) is 6.07. The average Bonchev–Trinajstić information content (AvgIpc) is 2.82. The van der Waals surface area contributed by atoms with Crippen molar-refractivity contribution in [2.45, 2.75) is 33.2 Å². The molecule has 3 rings (SSSR count). The van der Waals surface area contributed by atoms with Crippen LogP contribution in [0, 0.1) is 0 Å². The van der Waals surface area contributed by atoms with Gasteiger partial charge in [-0.25, -0.2) is 9.59 Å². The first-order valence-corrected chi connectivity index (χ1v) is 10.8. The molecule has 3 N–H and O–H groups in total. The van der Waals surface area contributed by atoms with Crippen LogP contribution in [0.4, 0.5) is 11.6 Å². The van der Waals surface area contributed by atoms with E-state index in [0.717, 1.165) is 0 Å². The molecule has 1 amide bonds. The van der Waals surface area contributed by atoms with Gasteiger partial charge in [0.1, 0.15) is 11.6 Å². The lowest BCUT2D eigenvalue weighted by Gasteiger charge is -2.30. The third-order valence-electron chi connectivity index (χ3n) is 5.46. The highest BCUT2D eigenvalue weighted by molar-refractivity contribution is 5.96. The van der Waals surface area contributed by atoms with Crippen LogP contribution in [0.3, 0.4) is 0 Å². The number of methoxy groups -OCH3 is 2. The number of benzene rings is 1. The fourth-order valence-corrected chi connectivity index (χ4v) is 3.78. The van der Waals surface area contributed by atoms with Crippen molar-refractivity contribution in [2.75, 3.05) is 38.2 Å². The molecule has 0 bridgehead atoms. The zero-order chi connectivity index (χ0) is 24.8. The Morgan fingerprint density at radius 2 is 1.91 bits per heavy atom. The molecule has 0 fully saturated rings. The first-order chi connectivity index (χ1) is 16.3. The topological polar surface area (TPSA) is 133 Å². The van der Waals surface area contributed by atoms with Gasteiger partial charge in [0.05, 0.1) is 32.4 Å². The lowest BCUT2D eigenvalue weighted by atomic mass is 9.89. The fraction of sp³-hybridized carbons (Fsp3) is 0.391. The molecule has 1 aromatic carbocycles. The van der Waals surface area contributed by atoms with Crippen LogP contribution < -0.4 is 26.6 Å². The molecule has 0 spiro atoms. The summed E-state index contributed by atoms with van der Waals surface area (Å²) in [6, 6.07) is 6.54. The van der Waals surface area contributed by atoms with Gasteiger partial charge in [-0.15, -0.1) is 0 Å². The quantitative estimate of drug-likeness (QED) is 0.371. The van der Waals surface area contributed by atoms with Crippen LogP contribution in [0.1, 0.15) is 42.6 Å². The van der Waals surface area contributed by atoms with Crippen molar-refractivity contribution in [3.8, 4) is 5.75 Å². The number of hydrazine groups is 1. The lowest BCUT2D eigenvalue weighted by molar-refractivity contribution is -0.138. The number of ether oxygens (including phenoxy) is 3. The van der Waals surface area contributed by atoms with Gasteiger partial charge in [-0.2, -0.15) is 4.98 Å². The van der Waals surface area contributed by atoms with E-state index in [1.807, 2.05) is 6.92 Å². The molecule has 0 radical (unpaired) electrons. The molecule has 1 atom stereocenters. The van der Waals surface area contributed by atoms with Crippen LogP contribution in [0.15, 0.2) is 40.3 Å². The van der Waals surface area contributed by atoms with E-state index in [4.69, 9.17) is 14.2 Å². The summed E-state index contributed by atoms with van der Waals surface area (Å²) in [5.41, 5.74) is 6.70. The standard InChI is InChI=1S/C23H29N5O6/c1-6-34-22(30)17-13(2)18-19(26-27-21(29)15-7-9-16(33-5)10-8-15)25-23(31)28(11-12-32-4)20(18)24-14(17)3/h7-10,13,24H,6,11-12H2,1-5H3,(H,27,29)(H,25,26,31). The van der Waals surface area contributed by atoms with Gasteiger partial charge in [0.2, 0.25) is 0 Å². The van der Waals surface area contributed by atoms with Crippen molar-refractivity contribution < 1.29 is 23.8 Å². The maximum absolute atomic E-state index is 12.8. The Kier molecular flexibility index (Phi) is 7.90. The van der Waals surface area contributed by atoms with Crippen LogP contribution >= 0.6 is 0 Å². The van der Waals surface area contributed by atoms with E-state index in [1.54, 1.807) is 38.1 Å². The van der Waals surface area contributed by atoms with Gasteiger partial charge in [0.25, 0.3) is 5.91 Å². The number of allylic oxidation sites excluding steroid dienone is 1. The van der Waals surface area contributed by atoms with Crippen LogP contribution in [-0.2, 0) is 20.8 Å². The van der Waals surface area contributed by atoms with Gasteiger partial charge in [-0.1, -0.05) is 6.92 Å². The summed E-state index contributed by atoms with van der Waals surface area (Å²) in [5.74, 6) is -0.156. The molecule has 1 unspecified atom stereocenters. The van der Waals surface area contributed by atoms with E-state index in [1.165, 1.54) is 18.8 Å². The number of esters is 1. The smallest absolute Gasteiger partial charge is 0.351 e. The highest BCUT2D eigenvalue weighted by Gasteiger charge is 2.34. The summed E-state index contributed by atoms with van der Waals surface area (Å²) in [5, 5.41) is 3.15. The Hall–Kier alpha value is -3.86. The van der Waals surface area contributed by atoms with Crippen molar-refractivity contribution in [3.63, 3.8) is 0 Å². The Bertz CT molecular complexity index is 1160. The highest BCUT2D eigenvalue weighted by atomic mass is 16.5. The van der Waals surface area contributed by atoms with E-state index in [2.05, 4.69) is 21.2 Å². The average molecular weight is 472 g/mol. The minimum Gasteiger partial charge on any atom is -0.497 e. The van der Waals surface area contributed by atoms with E-state index in [-0.39, 0.29) is 19.0 Å². The monoisotopic (exact) mass is 471 g/mol. The Labute approximate surface area is 197 Å². The second-order valence-electron chi connectivity index (χ2n) is 7.56. The number of amides is 1. The number of hydrogen-bond donors (Lipinski definition) is 3. The Morgan fingerprint density at radius 3 is 2.53 bits per heavy atom. The predicted molar refractivity (Wildman–Crippen MR) is 126 cm³/mol. The number of nitrogens with zero attached hydrogens (tertiary/aromatic N) is 2. The predicted octanol–water partition coefficient (Wildman–Crippen LogP) is 2.02. The maximum Gasteiger partial charge on any atom is 0.351 e. The first kappa shape index (κ1) is 24.8. The number of carbonyl (C=O) groups excluding carboxylic acids is 2. The first-order valence-electron chi connectivity index (χ1n) is 10.8. The molecule has 182 valence electrons. The van der Waals surface area contributed by atoms with Gasteiger partial charge in [-0.05, 0) is 38.1 Å². The van der Waals surface area contributed by atoms with Gasteiger partial charge in [-0.3, -0.25) is 20.2 Å². The molecule has 1 aliphatic heterocycles. The molecular formula is C23H29N5O6. The van der Waals surface area contributed by atoms with E-state index in [9.17, 15) is 14.4 Å². The van der Waals surface area contributed by atoms with Crippen LogP contribution in [0.5, 0.6) is 5.75 Å². The third-order valence-corrected chi connectivity index (χ3v) is 5.46. The number of hydrogen-bond acceptors (Lipinski definition) is 9. The van der Waals surface area contributed by atoms with Gasteiger partial charge >= 0.3 is 11.7 Å². The molecule has 11 heteroatoms. The molecule has 2 aromatic rings. The van der Waals surface area contributed by atoms with Crippen molar-refractivity contribution in [3.05, 3.63) is 57.1 Å². The number of nitrogens with one attached hydrogen (secondary N) is 3. The largest absolute Gasteiger partial charge is 0.497 e. The second-order valence-corrected chi connectivity index (χ2v) is 7.56. The van der Waals surface area contributed by atoms with Crippen molar-refractivity contribution in [1.29, 1.82) is 0 Å². The van der Waals surface area contributed by atoms with Crippen LogP contribution in [0.25, 0.3) is 0 Å². The van der Waals surface area contributed by atoms with Crippen LogP contribution in [0.2, 0.25) is 0 Å². The summed E-state index contributed by atoms with van der Waals surface area (Å²) >= 11 is 0. The third kappa shape index (κ3) is 5.04. The minimum atomic E-state index is -0.538. The highest BCUT2D eigenvalue weighted by Crippen LogP contribution is 2.40. The van der Waals surface area contributed by atoms with Gasteiger partial charge in [0, 0.05) is 29.9 Å². The number of fused-ring (bicyclic) bond motifs is 1. The second kappa shape index (κ2) is 10.8. The molecule has 0 saturated heterocycles. The van der Waals surface area contributed by atoms with Crippen LogP contribution in [-0.4, -0.2) is 48.9 Å². The van der Waals surface area contributed by atoms with Crippen molar-refractivity contribution in [1.82, 2.24) is 15.0 Å². The molecule has 11 nitrogen and oxygen atoms in total. The number of rotatable bonds is 9. The molecule has 34 heavy (non-hydrogen) atoms. The molecule has 1 aliphatic rings. The van der Waals surface area contributed by atoms with E-state index < -0.39 is 23.5 Å². The normalized spacial score (nSPS) is 14.7. The summed E-state index contributed by atoms with van der Waals surface area (Å²) in [6.07, 6.45) is 0. The molecule has 0 saturated carbocycles. The summed E-state index contributed by atoms with van der Waals surface area (Å²) in [4.78, 5) is 42.2. The van der Waals surface area contributed by atoms with Crippen molar-refractivity contribution in [2.24, 2.45) is 0 Å². The zero-order valence-electron chi connectivity index (χ0n) is 19.9. The maximum atomic E-state index is 12.8. The van der Waals surface area contributed by atoms with E-state index >= 15 is 0 Å². The molecule has 0 aliphatic carbocycles. The van der Waals surface area contributed by atoms with Gasteiger partial charge in [0.15, 0.2) is 5.82 Å². The Balaban J connectivity index is 1.98. The number of carbonyl (C=O) groups is 2. The molecular weight excluding hydrogens is 442 g/mol. The van der Waals surface area contributed by atoms with Crippen molar-refractivity contribution >= 4 is 23.5 Å². The lowest BCUT2D eigenvalue weighted by Crippen LogP contribution is -2.37. The number of aromatic nitrogens is 2. The fourth-order valence-electron chi connectivity index (χ4n) is 3.78. The Morgan fingerprint density at radius 1 is 1.21 bits per heavy atom.